The van der Waals surface area contributed by atoms with Gasteiger partial charge in [-0.15, -0.1) is 10.2 Å². The molecule has 2 aromatic heterocycles. The van der Waals surface area contributed by atoms with Gasteiger partial charge in [0.2, 0.25) is 0 Å². The minimum Gasteiger partial charge on any atom is -0.288 e. The Morgan fingerprint density at radius 3 is 2.55 bits per heavy atom. The van der Waals surface area contributed by atoms with E-state index < -0.39 is 15.8 Å². The average molecular weight is 410 g/mol. The van der Waals surface area contributed by atoms with Crippen LogP contribution in [0.2, 0.25) is 0 Å². The van der Waals surface area contributed by atoms with Gasteiger partial charge in [0.15, 0.2) is 5.65 Å². The third kappa shape index (κ3) is 3.71. The van der Waals surface area contributed by atoms with E-state index in [0.29, 0.717) is 11.3 Å². The Morgan fingerprint density at radius 1 is 1.03 bits per heavy atom. The van der Waals surface area contributed by atoms with Gasteiger partial charge >= 0.3 is 0 Å². The quantitative estimate of drug-likeness (QED) is 0.485. The van der Waals surface area contributed by atoms with Crippen LogP contribution >= 0.6 is 0 Å². The SMILES string of the molecule is CCc1ccc(N(Cc2cccc(F)c2)S(=O)(=O)c2cccn3cnnc23)cc1. The minimum absolute atomic E-state index is 0.0131. The number of pyridine rings is 1. The predicted octanol–water partition coefficient (Wildman–Crippen LogP) is 3.83. The third-order valence-electron chi connectivity index (χ3n) is 4.70. The first-order valence-corrected chi connectivity index (χ1v) is 10.6. The average Bonchev–Trinajstić information content (AvgIpc) is 3.21. The highest BCUT2D eigenvalue weighted by Gasteiger charge is 2.28. The number of aromatic nitrogens is 3. The van der Waals surface area contributed by atoms with Crippen molar-refractivity contribution >= 4 is 21.4 Å². The van der Waals surface area contributed by atoms with Crippen molar-refractivity contribution in [3.8, 4) is 0 Å². The van der Waals surface area contributed by atoms with Crippen molar-refractivity contribution in [1.82, 2.24) is 14.6 Å². The molecule has 4 rings (SSSR count). The monoisotopic (exact) mass is 410 g/mol. The summed E-state index contributed by atoms with van der Waals surface area (Å²) in [5.74, 6) is -0.416. The molecular weight excluding hydrogens is 391 g/mol. The van der Waals surface area contributed by atoms with E-state index in [1.807, 2.05) is 19.1 Å². The largest absolute Gasteiger partial charge is 0.288 e. The van der Waals surface area contributed by atoms with Crippen molar-refractivity contribution in [3.63, 3.8) is 0 Å². The van der Waals surface area contributed by atoms with E-state index in [1.54, 1.807) is 40.9 Å². The third-order valence-corrected chi connectivity index (χ3v) is 6.50. The molecule has 0 amide bonds. The molecule has 0 aliphatic carbocycles. The Bertz CT molecular complexity index is 1250. The van der Waals surface area contributed by atoms with Crippen LogP contribution in [0.25, 0.3) is 5.65 Å². The molecule has 0 fully saturated rings. The Hall–Kier alpha value is -3.26. The molecule has 0 aliphatic rings. The summed E-state index contributed by atoms with van der Waals surface area (Å²) in [5.41, 5.74) is 2.37. The van der Waals surface area contributed by atoms with Gasteiger partial charge in [-0.3, -0.25) is 8.71 Å². The Morgan fingerprint density at radius 2 is 1.83 bits per heavy atom. The van der Waals surface area contributed by atoms with Crippen molar-refractivity contribution in [1.29, 1.82) is 0 Å². The minimum atomic E-state index is -3.99. The van der Waals surface area contributed by atoms with Gasteiger partial charge < -0.3 is 0 Å². The van der Waals surface area contributed by atoms with Crippen LogP contribution in [0, 0.1) is 5.82 Å². The van der Waals surface area contributed by atoms with Crippen molar-refractivity contribution in [2.45, 2.75) is 24.8 Å². The lowest BCUT2D eigenvalue weighted by molar-refractivity contribution is 0.590. The molecule has 0 atom stereocenters. The van der Waals surface area contributed by atoms with E-state index in [2.05, 4.69) is 10.2 Å². The van der Waals surface area contributed by atoms with E-state index in [-0.39, 0.29) is 17.1 Å². The number of aryl methyl sites for hydroxylation is 1. The summed E-state index contributed by atoms with van der Waals surface area (Å²) in [5, 5.41) is 7.76. The summed E-state index contributed by atoms with van der Waals surface area (Å²) in [6, 6.07) is 16.4. The smallest absolute Gasteiger partial charge is 0.268 e. The molecule has 0 N–H and O–H groups in total. The molecule has 2 aromatic carbocycles. The summed E-state index contributed by atoms with van der Waals surface area (Å²) in [6.45, 7) is 2.02. The van der Waals surface area contributed by atoms with Gasteiger partial charge in [0.1, 0.15) is 17.0 Å². The van der Waals surface area contributed by atoms with E-state index in [1.165, 1.54) is 28.8 Å². The lowest BCUT2D eigenvalue weighted by Crippen LogP contribution is -2.31. The predicted molar refractivity (Wildman–Crippen MR) is 109 cm³/mol. The molecule has 6 nitrogen and oxygen atoms in total. The fourth-order valence-corrected chi connectivity index (χ4v) is 4.74. The maximum Gasteiger partial charge on any atom is 0.268 e. The van der Waals surface area contributed by atoms with E-state index >= 15 is 0 Å². The van der Waals surface area contributed by atoms with Gasteiger partial charge in [0, 0.05) is 6.20 Å². The number of anilines is 1. The first-order chi connectivity index (χ1) is 14.0. The summed E-state index contributed by atoms with van der Waals surface area (Å²) in [4.78, 5) is 0.0356. The van der Waals surface area contributed by atoms with Crippen LogP contribution in [0.3, 0.4) is 0 Å². The van der Waals surface area contributed by atoms with Gasteiger partial charge in [-0.1, -0.05) is 31.2 Å². The number of benzene rings is 2. The van der Waals surface area contributed by atoms with Crippen LogP contribution < -0.4 is 4.31 Å². The molecule has 0 radical (unpaired) electrons. The highest BCUT2D eigenvalue weighted by molar-refractivity contribution is 7.93. The molecule has 8 heteroatoms. The standard InChI is InChI=1S/C21H19FN4O2S/c1-2-16-8-10-19(11-9-16)26(14-17-5-3-6-18(22)13-17)29(27,28)20-7-4-12-25-15-23-24-21(20)25/h3-13,15H,2,14H2,1H3. The number of nitrogens with zero attached hydrogens (tertiary/aromatic N) is 4. The summed E-state index contributed by atoms with van der Waals surface area (Å²) < 4.78 is 43.8. The first-order valence-electron chi connectivity index (χ1n) is 9.13. The Kier molecular flexibility index (Phi) is 5.02. The second kappa shape index (κ2) is 7.63. The van der Waals surface area contributed by atoms with Crippen LogP contribution in [-0.2, 0) is 23.0 Å². The van der Waals surface area contributed by atoms with Gasteiger partial charge in [0.25, 0.3) is 10.0 Å². The zero-order valence-electron chi connectivity index (χ0n) is 15.7. The topological polar surface area (TPSA) is 67.6 Å². The number of hydrogen-bond donors (Lipinski definition) is 0. The highest BCUT2D eigenvalue weighted by Crippen LogP contribution is 2.28. The van der Waals surface area contributed by atoms with Crippen LogP contribution in [0.15, 0.2) is 78.1 Å². The maximum absolute atomic E-state index is 13.7. The molecule has 0 unspecified atom stereocenters. The molecule has 0 aliphatic heterocycles. The van der Waals surface area contributed by atoms with Crippen LogP contribution in [0.1, 0.15) is 18.1 Å². The summed E-state index contributed by atoms with van der Waals surface area (Å²) >= 11 is 0. The number of rotatable bonds is 6. The highest BCUT2D eigenvalue weighted by atomic mass is 32.2. The molecule has 0 spiro atoms. The molecule has 0 bridgehead atoms. The summed E-state index contributed by atoms with van der Waals surface area (Å²) in [7, 11) is -3.99. The van der Waals surface area contributed by atoms with Crippen LogP contribution in [0.5, 0.6) is 0 Å². The first kappa shape index (κ1) is 19.1. The fraction of sp³-hybridized carbons (Fsp3) is 0.143. The Balaban J connectivity index is 1.85. The van der Waals surface area contributed by atoms with Crippen molar-refractivity contribution in [2.24, 2.45) is 0 Å². The molecular formula is C21H19FN4O2S. The lowest BCUT2D eigenvalue weighted by atomic mass is 10.1. The molecule has 4 aromatic rings. The van der Waals surface area contributed by atoms with Gasteiger partial charge in [-0.05, 0) is 53.9 Å². The second-order valence-electron chi connectivity index (χ2n) is 6.60. The van der Waals surface area contributed by atoms with E-state index in [9.17, 15) is 12.8 Å². The molecule has 0 saturated heterocycles. The van der Waals surface area contributed by atoms with Gasteiger partial charge in [0.05, 0.1) is 12.2 Å². The van der Waals surface area contributed by atoms with Crippen molar-refractivity contribution in [2.75, 3.05) is 4.31 Å². The van der Waals surface area contributed by atoms with Gasteiger partial charge in [-0.2, -0.15) is 0 Å². The van der Waals surface area contributed by atoms with Crippen LogP contribution in [0.4, 0.5) is 10.1 Å². The molecule has 29 heavy (non-hydrogen) atoms. The molecule has 148 valence electrons. The van der Waals surface area contributed by atoms with Gasteiger partial charge in [-0.25, -0.2) is 12.8 Å². The fourth-order valence-electron chi connectivity index (χ4n) is 3.16. The van der Waals surface area contributed by atoms with Crippen LogP contribution in [-0.4, -0.2) is 23.0 Å². The normalized spacial score (nSPS) is 11.7. The molecule has 0 saturated carbocycles. The zero-order valence-corrected chi connectivity index (χ0v) is 16.6. The maximum atomic E-state index is 13.7. The number of halogens is 1. The molecule has 2 heterocycles. The number of hydrogen-bond acceptors (Lipinski definition) is 4. The van der Waals surface area contributed by atoms with E-state index in [4.69, 9.17) is 0 Å². The number of fused-ring (bicyclic) bond motifs is 1. The zero-order chi connectivity index (χ0) is 20.4. The summed E-state index contributed by atoms with van der Waals surface area (Å²) in [6.07, 6.45) is 3.97. The van der Waals surface area contributed by atoms with E-state index in [0.717, 1.165) is 12.0 Å². The van der Waals surface area contributed by atoms with Crippen molar-refractivity contribution in [3.05, 3.63) is 90.1 Å². The second-order valence-corrected chi connectivity index (χ2v) is 8.43. The van der Waals surface area contributed by atoms with Crippen molar-refractivity contribution < 1.29 is 12.8 Å². The lowest BCUT2D eigenvalue weighted by Gasteiger charge is -2.25. The number of sulfonamides is 1. The Labute approximate surface area is 168 Å².